The van der Waals surface area contributed by atoms with E-state index >= 15 is 0 Å². The molecule has 1 unspecified atom stereocenters. The van der Waals surface area contributed by atoms with E-state index in [0.717, 1.165) is 38.7 Å². The number of rotatable bonds is 5. The third kappa shape index (κ3) is 3.94. The predicted octanol–water partition coefficient (Wildman–Crippen LogP) is 1.88. The van der Waals surface area contributed by atoms with Crippen molar-refractivity contribution in [1.82, 2.24) is 10.2 Å². The molecular weight excluding hydrogens is 212 g/mol. The first-order chi connectivity index (χ1) is 8.29. The molecule has 0 amide bonds. The molecule has 0 bridgehead atoms. The van der Waals surface area contributed by atoms with Crippen LogP contribution in [0.4, 0.5) is 0 Å². The number of ether oxygens (including phenoxy) is 1. The van der Waals surface area contributed by atoms with Crippen molar-refractivity contribution in [3.8, 4) is 0 Å². The molecule has 0 spiro atoms. The zero-order valence-electron chi connectivity index (χ0n) is 11.5. The molecule has 1 aliphatic carbocycles. The maximum absolute atomic E-state index is 5.82. The Morgan fingerprint density at radius 2 is 2.12 bits per heavy atom. The number of nitrogens with zero attached hydrogens (tertiary/aromatic N) is 1. The van der Waals surface area contributed by atoms with Gasteiger partial charge >= 0.3 is 0 Å². The molecule has 2 aliphatic rings. The van der Waals surface area contributed by atoms with Crippen LogP contribution in [0.25, 0.3) is 0 Å². The van der Waals surface area contributed by atoms with Gasteiger partial charge in [0.1, 0.15) is 0 Å². The van der Waals surface area contributed by atoms with Crippen molar-refractivity contribution in [3.05, 3.63) is 0 Å². The van der Waals surface area contributed by atoms with E-state index < -0.39 is 0 Å². The summed E-state index contributed by atoms with van der Waals surface area (Å²) in [4.78, 5) is 2.48. The van der Waals surface area contributed by atoms with Crippen molar-refractivity contribution in [2.24, 2.45) is 5.92 Å². The summed E-state index contributed by atoms with van der Waals surface area (Å²) in [5, 5.41) is 3.69. The van der Waals surface area contributed by atoms with Gasteiger partial charge in [0.05, 0.1) is 12.7 Å². The highest BCUT2D eigenvalue weighted by atomic mass is 16.5. The molecule has 3 heteroatoms. The first-order valence-corrected chi connectivity index (χ1v) is 7.37. The smallest absolute Gasteiger partial charge is 0.0826 e. The van der Waals surface area contributed by atoms with Gasteiger partial charge in [0.2, 0.25) is 0 Å². The first-order valence-electron chi connectivity index (χ1n) is 7.37. The number of hydrogen-bond donors (Lipinski definition) is 1. The Morgan fingerprint density at radius 3 is 2.82 bits per heavy atom. The average Bonchev–Trinajstić information content (AvgIpc) is 2.90. The van der Waals surface area contributed by atoms with Crippen molar-refractivity contribution in [2.45, 2.75) is 51.7 Å². The van der Waals surface area contributed by atoms with Crippen LogP contribution in [0.2, 0.25) is 0 Å². The Kier molecular flexibility index (Phi) is 5.26. The second kappa shape index (κ2) is 6.72. The molecule has 1 heterocycles. The van der Waals surface area contributed by atoms with Crippen LogP contribution >= 0.6 is 0 Å². The van der Waals surface area contributed by atoms with E-state index in [1.54, 1.807) is 0 Å². The minimum atomic E-state index is 0.396. The van der Waals surface area contributed by atoms with Gasteiger partial charge in [-0.1, -0.05) is 19.8 Å². The van der Waals surface area contributed by atoms with Crippen LogP contribution in [0.15, 0.2) is 0 Å². The van der Waals surface area contributed by atoms with Crippen LogP contribution in [-0.4, -0.2) is 49.8 Å². The highest BCUT2D eigenvalue weighted by Gasteiger charge is 2.23. The van der Waals surface area contributed by atoms with Crippen LogP contribution < -0.4 is 5.32 Å². The number of hydrogen-bond acceptors (Lipinski definition) is 3. The van der Waals surface area contributed by atoms with Crippen molar-refractivity contribution in [1.29, 1.82) is 0 Å². The third-order valence-corrected chi connectivity index (χ3v) is 4.44. The zero-order valence-corrected chi connectivity index (χ0v) is 11.5. The Balaban J connectivity index is 1.66. The monoisotopic (exact) mass is 240 g/mol. The van der Waals surface area contributed by atoms with E-state index in [9.17, 15) is 0 Å². The largest absolute Gasteiger partial charge is 0.374 e. The van der Waals surface area contributed by atoms with Crippen LogP contribution in [0.5, 0.6) is 0 Å². The minimum Gasteiger partial charge on any atom is -0.374 e. The fourth-order valence-corrected chi connectivity index (χ4v) is 3.13. The molecule has 0 radical (unpaired) electrons. The van der Waals surface area contributed by atoms with Crippen LogP contribution in [0.3, 0.4) is 0 Å². The molecule has 1 aliphatic heterocycles. The van der Waals surface area contributed by atoms with Gasteiger partial charge in [-0.3, -0.25) is 4.90 Å². The molecular formula is C14H28N2O. The normalized spacial score (nSPS) is 29.6. The summed E-state index contributed by atoms with van der Waals surface area (Å²) < 4.78 is 5.82. The summed E-state index contributed by atoms with van der Waals surface area (Å²) in [5.41, 5.74) is 0. The number of likely N-dealkylation sites (N-methyl/N-ethyl adjacent to an activating group) is 1. The summed E-state index contributed by atoms with van der Waals surface area (Å²) in [7, 11) is 0. The molecule has 0 aromatic carbocycles. The number of morpholine rings is 1. The predicted molar refractivity (Wildman–Crippen MR) is 71.3 cm³/mol. The lowest BCUT2D eigenvalue weighted by atomic mass is 10.00. The second-order valence-electron chi connectivity index (χ2n) is 5.63. The Labute approximate surface area is 106 Å². The van der Waals surface area contributed by atoms with Gasteiger partial charge in [-0.05, 0) is 32.2 Å². The zero-order chi connectivity index (χ0) is 12.1. The van der Waals surface area contributed by atoms with Gasteiger partial charge in [0.15, 0.2) is 0 Å². The highest BCUT2D eigenvalue weighted by Crippen LogP contribution is 2.27. The Bertz CT molecular complexity index is 216. The molecule has 100 valence electrons. The summed E-state index contributed by atoms with van der Waals surface area (Å²) >= 11 is 0. The standard InChI is InChI=1S/C14H28N2O/c1-3-16-8-9-17-14(11-16)10-15-12(2)13-6-4-5-7-13/h12-15H,3-11H2,1-2H3/t12-,14?/m1/s1. The van der Waals surface area contributed by atoms with Crippen molar-refractivity contribution in [2.75, 3.05) is 32.8 Å². The average molecular weight is 240 g/mol. The lowest BCUT2D eigenvalue weighted by Crippen LogP contribution is -2.48. The molecule has 17 heavy (non-hydrogen) atoms. The van der Waals surface area contributed by atoms with Crippen LogP contribution in [0.1, 0.15) is 39.5 Å². The van der Waals surface area contributed by atoms with E-state index in [2.05, 4.69) is 24.1 Å². The summed E-state index contributed by atoms with van der Waals surface area (Å²) in [6, 6.07) is 0.665. The van der Waals surface area contributed by atoms with Crippen molar-refractivity contribution >= 4 is 0 Å². The van der Waals surface area contributed by atoms with Gasteiger partial charge < -0.3 is 10.1 Å². The molecule has 1 N–H and O–H groups in total. The lowest BCUT2D eigenvalue weighted by Gasteiger charge is -2.33. The van der Waals surface area contributed by atoms with E-state index in [1.807, 2.05) is 0 Å². The van der Waals surface area contributed by atoms with Crippen LogP contribution in [0, 0.1) is 5.92 Å². The fourth-order valence-electron chi connectivity index (χ4n) is 3.13. The van der Waals surface area contributed by atoms with E-state index in [-0.39, 0.29) is 0 Å². The van der Waals surface area contributed by atoms with E-state index in [1.165, 1.54) is 25.7 Å². The lowest BCUT2D eigenvalue weighted by molar-refractivity contribution is -0.0268. The molecule has 2 atom stereocenters. The second-order valence-corrected chi connectivity index (χ2v) is 5.63. The molecule has 1 saturated heterocycles. The van der Waals surface area contributed by atoms with Gasteiger partial charge in [-0.15, -0.1) is 0 Å². The molecule has 3 nitrogen and oxygen atoms in total. The summed E-state index contributed by atoms with van der Waals surface area (Å²) in [6.45, 7) is 9.85. The van der Waals surface area contributed by atoms with Gasteiger partial charge in [-0.2, -0.15) is 0 Å². The minimum absolute atomic E-state index is 0.396. The highest BCUT2D eigenvalue weighted by molar-refractivity contribution is 4.80. The quantitative estimate of drug-likeness (QED) is 0.794. The molecule has 2 rings (SSSR count). The Morgan fingerprint density at radius 1 is 1.35 bits per heavy atom. The molecule has 2 fully saturated rings. The van der Waals surface area contributed by atoms with Gasteiger partial charge in [0.25, 0.3) is 0 Å². The van der Waals surface area contributed by atoms with Crippen molar-refractivity contribution in [3.63, 3.8) is 0 Å². The first kappa shape index (κ1) is 13.3. The van der Waals surface area contributed by atoms with E-state index in [0.29, 0.717) is 12.1 Å². The summed E-state index contributed by atoms with van der Waals surface area (Å²) in [6.07, 6.45) is 6.09. The van der Waals surface area contributed by atoms with Crippen molar-refractivity contribution < 1.29 is 4.74 Å². The van der Waals surface area contributed by atoms with E-state index in [4.69, 9.17) is 4.74 Å². The van der Waals surface area contributed by atoms with Gasteiger partial charge in [0, 0.05) is 25.7 Å². The third-order valence-electron chi connectivity index (χ3n) is 4.44. The molecule has 0 aromatic rings. The summed E-state index contributed by atoms with van der Waals surface area (Å²) in [5.74, 6) is 0.904. The number of nitrogens with one attached hydrogen (secondary N) is 1. The fraction of sp³-hybridized carbons (Fsp3) is 1.00. The SMILES string of the molecule is CCN1CCOC(CN[C@H](C)C2CCCC2)C1. The molecule has 1 saturated carbocycles. The maximum Gasteiger partial charge on any atom is 0.0826 e. The van der Waals surface area contributed by atoms with Crippen LogP contribution in [-0.2, 0) is 4.74 Å². The molecule has 0 aromatic heterocycles. The maximum atomic E-state index is 5.82. The Hall–Kier alpha value is -0.120. The van der Waals surface area contributed by atoms with Gasteiger partial charge in [-0.25, -0.2) is 0 Å². The topological polar surface area (TPSA) is 24.5 Å².